The molecule has 6 heteroatoms. The molecule has 0 aromatic rings. The molecule has 12 heavy (non-hydrogen) atoms. The summed E-state index contributed by atoms with van der Waals surface area (Å²) < 4.78 is 48.9. The highest BCUT2D eigenvalue weighted by atomic mass is 32.2. The van der Waals surface area contributed by atoms with E-state index in [2.05, 4.69) is 4.18 Å². The molecule has 0 fully saturated rings. The summed E-state index contributed by atoms with van der Waals surface area (Å²) in [6.07, 6.45) is -4.42. The van der Waals surface area contributed by atoms with E-state index in [-0.39, 0.29) is 0 Å². The Balaban J connectivity index is 3.90. The van der Waals surface area contributed by atoms with Crippen molar-refractivity contribution in [2.45, 2.75) is 31.7 Å². The molecule has 0 saturated heterocycles. The summed E-state index contributed by atoms with van der Waals surface area (Å²) in [6.45, 7) is 3.16. The molecule has 0 aliphatic carbocycles. The van der Waals surface area contributed by atoms with Crippen LogP contribution in [0.3, 0.4) is 0 Å². The fourth-order valence-corrected chi connectivity index (χ4v) is 0.891. The molecule has 0 aromatic heterocycles. The second kappa shape index (κ2) is 3.74. The number of halogens is 3. The largest absolute Gasteiger partial charge is 0.413 e. The van der Waals surface area contributed by atoms with Crippen LogP contribution in [0.4, 0.5) is 13.2 Å². The SMILES string of the molecule is CC(C)(C)[S@](=O)OCC(F)(F)F. The summed E-state index contributed by atoms with van der Waals surface area (Å²) >= 11 is -1.90. The smallest absolute Gasteiger partial charge is 0.281 e. The van der Waals surface area contributed by atoms with Gasteiger partial charge in [-0.15, -0.1) is 0 Å². The third kappa shape index (κ3) is 5.54. The first-order chi connectivity index (χ1) is 5.13. The molecule has 0 heterocycles. The summed E-state index contributed by atoms with van der Waals surface area (Å²) in [5.41, 5.74) is 0. The molecule has 1 atom stereocenters. The molecule has 0 spiro atoms. The van der Waals surface area contributed by atoms with Gasteiger partial charge < -0.3 is 0 Å². The van der Waals surface area contributed by atoms with E-state index in [1.807, 2.05) is 0 Å². The maximum absolute atomic E-state index is 11.5. The molecular formula is C6H11F3O2S. The van der Waals surface area contributed by atoms with Gasteiger partial charge in [0.2, 0.25) is 0 Å². The lowest BCUT2D eigenvalue weighted by molar-refractivity contribution is -0.151. The fourth-order valence-electron chi connectivity index (χ4n) is 0.297. The van der Waals surface area contributed by atoms with Gasteiger partial charge in [0.05, 0.1) is 4.75 Å². The van der Waals surface area contributed by atoms with Crippen LogP contribution in [0.1, 0.15) is 20.8 Å². The Morgan fingerprint density at radius 1 is 1.25 bits per heavy atom. The van der Waals surface area contributed by atoms with Crippen LogP contribution in [0.2, 0.25) is 0 Å². The van der Waals surface area contributed by atoms with Gasteiger partial charge >= 0.3 is 6.18 Å². The zero-order valence-corrected chi connectivity index (χ0v) is 7.88. The Morgan fingerprint density at radius 2 is 1.67 bits per heavy atom. The van der Waals surface area contributed by atoms with Crippen LogP contribution in [0.5, 0.6) is 0 Å². The highest BCUT2D eigenvalue weighted by Crippen LogP contribution is 2.19. The van der Waals surface area contributed by atoms with Crippen LogP contribution >= 0.6 is 0 Å². The molecule has 0 aliphatic heterocycles. The molecule has 0 aromatic carbocycles. The van der Waals surface area contributed by atoms with Gasteiger partial charge in [0, 0.05) is 0 Å². The minimum atomic E-state index is -4.42. The zero-order valence-electron chi connectivity index (χ0n) is 7.07. The van der Waals surface area contributed by atoms with Crippen molar-refractivity contribution in [3.63, 3.8) is 0 Å². The van der Waals surface area contributed by atoms with Gasteiger partial charge in [-0.05, 0) is 20.8 Å². The summed E-state index contributed by atoms with van der Waals surface area (Å²) in [5.74, 6) is 0. The van der Waals surface area contributed by atoms with Gasteiger partial charge in [0.15, 0.2) is 17.7 Å². The second-order valence-corrected chi connectivity index (χ2v) is 5.15. The van der Waals surface area contributed by atoms with E-state index in [1.54, 1.807) is 20.8 Å². The number of rotatable bonds is 2. The van der Waals surface area contributed by atoms with E-state index < -0.39 is 28.6 Å². The van der Waals surface area contributed by atoms with Crippen molar-refractivity contribution >= 4 is 11.1 Å². The number of hydrogen-bond donors (Lipinski definition) is 0. The molecule has 0 radical (unpaired) electrons. The first kappa shape index (κ1) is 11.9. The molecule has 0 saturated carbocycles. The van der Waals surface area contributed by atoms with Crippen LogP contribution in [-0.2, 0) is 15.3 Å². The highest BCUT2D eigenvalue weighted by Gasteiger charge is 2.31. The molecule has 0 rings (SSSR count). The molecule has 0 aliphatic rings. The summed E-state index contributed by atoms with van der Waals surface area (Å²) in [6, 6.07) is 0. The monoisotopic (exact) mass is 204 g/mol. The fraction of sp³-hybridized carbons (Fsp3) is 1.00. The second-order valence-electron chi connectivity index (χ2n) is 3.22. The lowest BCUT2D eigenvalue weighted by atomic mass is 10.3. The molecule has 0 amide bonds. The maximum Gasteiger partial charge on any atom is 0.413 e. The quantitative estimate of drug-likeness (QED) is 0.688. The molecule has 0 bridgehead atoms. The lowest BCUT2D eigenvalue weighted by Gasteiger charge is -2.17. The van der Waals surface area contributed by atoms with Crippen LogP contribution in [0.25, 0.3) is 0 Å². The minimum Gasteiger partial charge on any atom is -0.281 e. The van der Waals surface area contributed by atoms with E-state index >= 15 is 0 Å². The number of hydrogen-bond acceptors (Lipinski definition) is 2. The average Bonchev–Trinajstić information content (AvgIpc) is 1.78. The van der Waals surface area contributed by atoms with Crippen molar-refractivity contribution in [3.05, 3.63) is 0 Å². The van der Waals surface area contributed by atoms with E-state index in [9.17, 15) is 17.4 Å². The highest BCUT2D eigenvalue weighted by molar-refractivity contribution is 7.81. The topological polar surface area (TPSA) is 26.3 Å². The Morgan fingerprint density at radius 3 is 1.92 bits per heavy atom. The first-order valence-corrected chi connectivity index (χ1v) is 4.32. The molecule has 74 valence electrons. The van der Waals surface area contributed by atoms with E-state index in [1.165, 1.54) is 0 Å². The Kier molecular flexibility index (Phi) is 3.71. The van der Waals surface area contributed by atoms with Crippen molar-refractivity contribution in [3.8, 4) is 0 Å². The zero-order chi connectivity index (χ0) is 9.99. The Hall–Kier alpha value is -0.100. The summed E-state index contributed by atoms with van der Waals surface area (Å²) in [7, 11) is 0. The van der Waals surface area contributed by atoms with E-state index in [0.717, 1.165) is 0 Å². The van der Waals surface area contributed by atoms with Crippen LogP contribution < -0.4 is 0 Å². The van der Waals surface area contributed by atoms with Crippen LogP contribution in [-0.4, -0.2) is 21.7 Å². The van der Waals surface area contributed by atoms with E-state index in [0.29, 0.717) is 0 Å². The lowest BCUT2D eigenvalue weighted by Crippen LogP contribution is -2.27. The predicted octanol–water partition coefficient (Wildman–Crippen LogP) is 2.03. The van der Waals surface area contributed by atoms with Crippen LogP contribution in [0, 0.1) is 0 Å². The van der Waals surface area contributed by atoms with Crippen molar-refractivity contribution < 1.29 is 21.6 Å². The van der Waals surface area contributed by atoms with Gasteiger partial charge in [0.25, 0.3) is 0 Å². The van der Waals surface area contributed by atoms with Gasteiger partial charge in [-0.3, -0.25) is 4.18 Å². The Bertz CT molecular complexity index is 171. The van der Waals surface area contributed by atoms with Gasteiger partial charge in [-0.2, -0.15) is 13.2 Å². The van der Waals surface area contributed by atoms with Crippen LogP contribution in [0.15, 0.2) is 0 Å². The van der Waals surface area contributed by atoms with Gasteiger partial charge in [0.1, 0.15) is 0 Å². The van der Waals surface area contributed by atoms with E-state index in [4.69, 9.17) is 0 Å². The summed E-state index contributed by atoms with van der Waals surface area (Å²) in [4.78, 5) is 0. The van der Waals surface area contributed by atoms with Gasteiger partial charge in [-0.25, -0.2) is 4.21 Å². The first-order valence-electron chi connectivity index (χ1n) is 3.25. The van der Waals surface area contributed by atoms with Crippen molar-refractivity contribution in [1.29, 1.82) is 0 Å². The minimum absolute atomic E-state index is 0.773. The van der Waals surface area contributed by atoms with Gasteiger partial charge in [-0.1, -0.05) is 0 Å². The average molecular weight is 204 g/mol. The third-order valence-corrected chi connectivity index (χ3v) is 2.16. The number of alkyl halides is 3. The van der Waals surface area contributed by atoms with Crippen molar-refractivity contribution in [2.75, 3.05) is 6.61 Å². The molecule has 2 nitrogen and oxygen atoms in total. The molecule has 0 N–H and O–H groups in total. The van der Waals surface area contributed by atoms with Crippen molar-refractivity contribution in [2.24, 2.45) is 0 Å². The Labute approximate surface area is 71.8 Å². The normalized spacial score (nSPS) is 16.2. The third-order valence-electron chi connectivity index (χ3n) is 0.830. The predicted molar refractivity (Wildman–Crippen MR) is 39.9 cm³/mol. The molecular weight excluding hydrogens is 193 g/mol. The maximum atomic E-state index is 11.5. The molecule has 0 unspecified atom stereocenters. The standard InChI is InChI=1S/C6H11F3O2S/c1-5(2,3)12(10)11-4-6(7,8)9/h4H2,1-3H3/t12-/m1/s1. The van der Waals surface area contributed by atoms with Crippen molar-refractivity contribution in [1.82, 2.24) is 0 Å². The summed E-state index contributed by atoms with van der Waals surface area (Å²) in [5, 5.41) is 0.